The van der Waals surface area contributed by atoms with Gasteiger partial charge in [0.15, 0.2) is 5.11 Å². The van der Waals surface area contributed by atoms with Gasteiger partial charge in [0.1, 0.15) is 0 Å². The summed E-state index contributed by atoms with van der Waals surface area (Å²) in [6.45, 7) is 4.14. The number of hydrogen-bond acceptors (Lipinski definition) is 1. The third-order valence-corrected chi connectivity index (χ3v) is 7.20. The van der Waals surface area contributed by atoms with E-state index in [2.05, 4.69) is 17.3 Å². The highest BCUT2D eigenvalue weighted by Gasteiger charge is 2.31. The largest absolute Gasteiger partial charge is 0.349 e. The molecule has 1 saturated carbocycles. The minimum absolute atomic E-state index is 0.782. The molecule has 1 saturated heterocycles. The zero-order valence-electron chi connectivity index (χ0n) is 16.2. The molecule has 2 aliphatic rings. The van der Waals surface area contributed by atoms with Crippen LogP contribution in [0.2, 0.25) is 5.02 Å². The first kappa shape index (κ1) is 19.9. The summed E-state index contributed by atoms with van der Waals surface area (Å²) in [6, 6.07) is 7.59. The van der Waals surface area contributed by atoms with E-state index in [-0.39, 0.29) is 0 Å². The molecule has 0 amide bonds. The molecule has 1 atom stereocenters. The number of quaternary nitrogens is 1. The Morgan fingerprint density at radius 1 is 1.08 bits per heavy atom. The predicted molar refractivity (Wildman–Crippen MR) is 115 cm³/mol. The topological polar surface area (TPSA) is 19.7 Å². The molecule has 3 rings (SSSR count). The van der Waals surface area contributed by atoms with E-state index in [0.29, 0.717) is 0 Å². The summed E-state index contributed by atoms with van der Waals surface area (Å²) in [5.41, 5.74) is 2.08. The highest BCUT2D eigenvalue weighted by atomic mass is 35.5. The minimum atomic E-state index is 0.782. The van der Waals surface area contributed by atoms with Crippen LogP contribution in [-0.4, -0.2) is 42.2 Å². The van der Waals surface area contributed by atoms with Crippen molar-refractivity contribution < 1.29 is 4.90 Å². The number of likely N-dealkylation sites (tertiary alicyclic amines) is 1. The molecule has 2 fully saturated rings. The standard InChI is InChI=1S/C21H32ClN3S/c1-16-19(22)10-7-11-20(16)23-21(26)25-14-12-18(13-15-25)24(2)17-8-5-3-4-6-9-17/h7,10-11,17-18H,3-6,8-9,12-15H2,1-2H3,(H,23,26)/p+1. The molecule has 1 aliphatic heterocycles. The van der Waals surface area contributed by atoms with Crippen molar-refractivity contribution in [2.75, 3.05) is 25.5 Å². The van der Waals surface area contributed by atoms with Crippen molar-refractivity contribution in [3.8, 4) is 0 Å². The lowest BCUT2D eigenvalue weighted by atomic mass is 9.99. The lowest BCUT2D eigenvalue weighted by Crippen LogP contribution is -3.17. The first-order valence-electron chi connectivity index (χ1n) is 10.2. The van der Waals surface area contributed by atoms with Gasteiger partial charge >= 0.3 is 0 Å². The van der Waals surface area contributed by atoms with Crippen molar-refractivity contribution >= 4 is 34.6 Å². The van der Waals surface area contributed by atoms with Crippen molar-refractivity contribution in [3.05, 3.63) is 28.8 Å². The molecular formula is C21H33ClN3S+. The molecular weight excluding hydrogens is 362 g/mol. The van der Waals surface area contributed by atoms with Crippen LogP contribution >= 0.6 is 23.8 Å². The second-order valence-electron chi connectivity index (χ2n) is 8.04. The van der Waals surface area contributed by atoms with Crippen LogP contribution in [0.3, 0.4) is 0 Å². The number of piperidine rings is 1. The van der Waals surface area contributed by atoms with Gasteiger partial charge in [-0.2, -0.15) is 0 Å². The maximum atomic E-state index is 6.22. The predicted octanol–water partition coefficient (Wildman–Crippen LogP) is 4.05. The average molecular weight is 395 g/mol. The van der Waals surface area contributed by atoms with Crippen LogP contribution in [-0.2, 0) is 0 Å². The van der Waals surface area contributed by atoms with Crippen LogP contribution < -0.4 is 10.2 Å². The van der Waals surface area contributed by atoms with Gasteiger partial charge in [0.05, 0.1) is 19.1 Å². The molecule has 0 bridgehead atoms. The number of nitrogens with one attached hydrogen (secondary N) is 2. The van der Waals surface area contributed by atoms with Gasteiger partial charge in [-0.15, -0.1) is 0 Å². The van der Waals surface area contributed by atoms with Gasteiger partial charge in [0.2, 0.25) is 0 Å². The van der Waals surface area contributed by atoms with Gasteiger partial charge in [-0.25, -0.2) is 0 Å². The summed E-state index contributed by atoms with van der Waals surface area (Å²) in [6.07, 6.45) is 11.0. The van der Waals surface area contributed by atoms with E-state index < -0.39 is 0 Å². The Kier molecular flexibility index (Phi) is 7.19. The lowest BCUT2D eigenvalue weighted by Gasteiger charge is -2.38. The van der Waals surface area contributed by atoms with E-state index in [1.54, 1.807) is 4.90 Å². The second-order valence-corrected chi connectivity index (χ2v) is 8.83. The van der Waals surface area contributed by atoms with E-state index in [1.807, 2.05) is 25.1 Å². The maximum Gasteiger partial charge on any atom is 0.173 e. The Labute approximate surface area is 169 Å². The van der Waals surface area contributed by atoms with Crippen molar-refractivity contribution in [1.82, 2.24) is 4.90 Å². The van der Waals surface area contributed by atoms with Crippen LogP contribution in [0.5, 0.6) is 0 Å². The molecule has 0 aromatic heterocycles. The molecule has 0 radical (unpaired) electrons. The zero-order valence-corrected chi connectivity index (χ0v) is 17.8. The third-order valence-electron chi connectivity index (χ3n) is 6.43. The molecule has 1 aliphatic carbocycles. The van der Waals surface area contributed by atoms with Crippen molar-refractivity contribution in [2.24, 2.45) is 0 Å². The molecule has 3 nitrogen and oxygen atoms in total. The number of rotatable bonds is 3. The van der Waals surface area contributed by atoms with Gasteiger partial charge in [0.25, 0.3) is 0 Å². The Morgan fingerprint density at radius 3 is 2.35 bits per heavy atom. The molecule has 0 spiro atoms. The van der Waals surface area contributed by atoms with Crippen LogP contribution in [0.25, 0.3) is 0 Å². The van der Waals surface area contributed by atoms with E-state index >= 15 is 0 Å². The summed E-state index contributed by atoms with van der Waals surface area (Å²) < 4.78 is 0. The van der Waals surface area contributed by atoms with Crippen LogP contribution in [0, 0.1) is 6.92 Å². The Hall–Kier alpha value is -0.840. The Balaban J connectivity index is 1.51. The molecule has 1 aromatic rings. The summed E-state index contributed by atoms with van der Waals surface area (Å²) in [7, 11) is 2.43. The maximum absolute atomic E-state index is 6.22. The molecule has 5 heteroatoms. The summed E-state index contributed by atoms with van der Waals surface area (Å²) in [5, 5.41) is 5.02. The quantitative estimate of drug-likeness (QED) is 0.596. The van der Waals surface area contributed by atoms with Gasteiger partial charge in [-0.3, -0.25) is 0 Å². The fourth-order valence-electron chi connectivity index (χ4n) is 4.54. The third kappa shape index (κ3) is 4.90. The highest BCUT2D eigenvalue weighted by Crippen LogP contribution is 2.24. The summed E-state index contributed by atoms with van der Waals surface area (Å²) >= 11 is 11.9. The first-order valence-corrected chi connectivity index (χ1v) is 11.0. The number of thiocarbonyl (C=S) groups is 1. The summed E-state index contributed by atoms with van der Waals surface area (Å²) in [5.74, 6) is 0. The minimum Gasteiger partial charge on any atom is -0.349 e. The molecule has 2 N–H and O–H groups in total. The normalized spacial score (nSPS) is 21.3. The average Bonchev–Trinajstić information content (AvgIpc) is 2.94. The molecule has 1 aromatic carbocycles. The van der Waals surface area contributed by atoms with E-state index in [1.165, 1.54) is 51.4 Å². The SMILES string of the molecule is Cc1c(Cl)cccc1NC(=S)N1CCC([NH+](C)C2CCCCCC2)CC1. The van der Waals surface area contributed by atoms with Crippen LogP contribution in [0.4, 0.5) is 5.69 Å². The van der Waals surface area contributed by atoms with E-state index in [4.69, 9.17) is 23.8 Å². The Bertz CT molecular complexity index is 605. The summed E-state index contributed by atoms with van der Waals surface area (Å²) in [4.78, 5) is 4.10. The van der Waals surface area contributed by atoms with E-state index in [9.17, 15) is 0 Å². The Morgan fingerprint density at radius 2 is 1.69 bits per heavy atom. The van der Waals surface area contributed by atoms with Gasteiger partial charge in [-0.1, -0.05) is 30.5 Å². The number of halogens is 1. The van der Waals surface area contributed by atoms with Crippen molar-refractivity contribution in [1.29, 1.82) is 0 Å². The fraction of sp³-hybridized carbons (Fsp3) is 0.667. The smallest absolute Gasteiger partial charge is 0.173 e. The van der Waals surface area contributed by atoms with Crippen molar-refractivity contribution in [3.63, 3.8) is 0 Å². The highest BCUT2D eigenvalue weighted by molar-refractivity contribution is 7.80. The monoisotopic (exact) mass is 394 g/mol. The van der Waals surface area contributed by atoms with Crippen molar-refractivity contribution in [2.45, 2.75) is 70.4 Å². The van der Waals surface area contributed by atoms with Crippen LogP contribution in [0.1, 0.15) is 56.9 Å². The van der Waals surface area contributed by atoms with E-state index in [0.717, 1.165) is 46.6 Å². The molecule has 1 unspecified atom stereocenters. The van der Waals surface area contributed by atoms with Gasteiger partial charge < -0.3 is 15.1 Å². The zero-order chi connectivity index (χ0) is 18.5. The van der Waals surface area contributed by atoms with Gasteiger partial charge in [-0.05, 0) is 62.5 Å². The number of benzene rings is 1. The van der Waals surface area contributed by atoms with Gasteiger partial charge in [0, 0.05) is 36.6 Å². The lowest BCUT2D eigenvalue weighted by molar-refractivity contribution is -0.933. The molecule has 144 valence electrons. The molecule has 26 heavy (non-hydrogen) atoms. The molecule has 1 heterocycles. The fourth-order valence-corrected chi connectivity index (χ4v) is 5.01. The number of hydrogen-bond donors (Lipinski definition) is 2. The second kappa shape index (κ2) is 9.38. The number of nitrogens with zero attached hydrogens (tertiary/aromatic N) is 1. The number of anilines is 1. The first-order chi connectivity index (χ1) is 12.6. The van der Waals surface area contributed by atoms with Crippen LogP contribution in [0.15, 0.2) is 18.2 Å².